The molecule has 0 saturated carbocycles. The van der Waals surface area contributed by atoms with E-state index in [9.17, 15) is 0 Å². The van der Waals surface area contributed by atoms with Gasteiger partial charge in [-0.1, -0.05) is 0 Å². The number of ether oxygens (including phenoxy) is 1. The normalized spacial score (nSPS) is 10.8. The van der Waals surface area contributed by atoms with Crippen molar-refractivity contribution in [3.8, 4) is 0 Å². The Bertz CT molecular complexity index is 381. The van der Waals surface area contributed by atoms with Crippen LogP contribution in [0.5, 0.6) is 0 Å². The summed E-state index contributed by atoms with van der Waals surface area (Å²) in [5, 5.41) is 4.32. The molecule has 0 aliphatic heterocycles. The van der Waals surface area contributed by atoms with Crippen LogP contribution in [0.25, 0.3) is 5.52 Å². The Labute approximate surface area is 70.6 Å². The molecule has 0 bridgehead atoms. The van der Waals surface area contributed by atoms with E-state index in [-0.39, 0.29) is 0 Å². The fourth-order valence-corrected chi connectivity index (χ4v) is 1.19. The Kier molecular flexibility index (Phi) is 1.80. The highest BCUT2D eigenvalue weighted by Gasteiger charge is 1.95. The lowest BCUT2D eigenvalue weighted by molar-refractivity contribution is 0.180. The maximum atomic E-state index is 4.98. The van der Waals surface area contributed by atoms with Crippen LogP contribution in [0.3, 0.4) is 0 Å². The van der Waals surface area contributed by atoms with Gasteiger partial charge in [-0.05, 0) is 24.3 Å². The van der Waals surface area contributed by atoms with Crippen LogP contribution >= 0.6 is 0 Å². The van der Waals surface area contributed by atoms with Gasteiger partial charge in [-0.3, -0.25) is 0 Å². The van der Waals surface area contributed by atoms with Gasteiger partial charge in [0.2, 0.25) is 0 Å². The zero-order chi connectivity index (χ0) is 8.39. The van der Waals surface area contributed by atoms with Crippen LogP contribution in [0.4, 0.5) is 0 Å². The number of rotatable bonds is 2. The molecule has 2 aromatic heterocycles. The van der Waals surface area contributed by atoms with E-state index >= 15 is 0 Å². The Morgan fingerprint density at radius 2 is 2.33 bits per heavy atom. The van der Waals surface area contributed by atoms with Crippen LogP contribution in [0.1, 0.15) is 5.69 Å². The number of methoxy groups -OCH3 is 1. The maximum Gasteiger partial charge on any atom is 0.0902 e. The van der Waals surface area contributed by atoms with E-state index < -0.39 is 0 Å². The Morgan fingerprint density at radius 1 is 1.42 bits per heavy atom. The first-order valence-electron chi connectivity index (χ1n) is 3.82. The SMILES string of the molecule is COCc1ccc2cccn2n1. The summed E-state index contributed by atoms with van der Waals surface area (Å²) in [4.78, 5) is 0. The molecule has 0 atom stereocenters. The quantitative estimate of drug-likeness (QED) is 0.668. The molecule has 2 aromatic rings. The minimum Gasteiger partial charge on any atom is -0.378 e. The summed E-state index contributed by atoms with van der Waals surface area (Å²) < 4.78 is 6.82. The second-order valence-corrected chi connectivity index (χ2v) is 2.64. The number of aromatic nitrogens is 2. The minimum absolute atomic E-state index is 0.564. The van der Waals surface area contributed by atoms with Crippen molar-refractivity contribution in [1.82, 2.24) is 9.61 Å². The van der Waals surface area contributed by atoms with Crippen LogP contribution in [-0.4, -0.2) is 16.7 Å². The number of fused-ring (bicyclic) bond motifs is 1. The van der Waals surface area contributed by atoms with E-state index in [1.807, 2.05) is 35.0 Å². The molecule has 0 amide bonds. The molecule has 2 heterocycles. The van der Waals surface area contributed by atoms with Crippen molar-refractivity contribution < 1.29 is 4.74 Å². The highest BCUT2D eigenvalue weighted by molar-refractivity contribution is 5.45. The zero-order valence-corrected chi connectivity index (χ0v) is 6.90. The summed E-state index contributed by atoms with van der Waals surface area (Å²) in [5.41, 5.74) is 2.05. The second kappa shape index (κ2) is 2.95. The van der Waals surface area contributed by atoms with Gasteiger partial charge in [-0.25, -0.2) is 4.52 Å². The van der Waals surface area contributed by atoms with E-state index in [4.69, 9.17) is 4.74 Å². The van der Waals surface area contributed by atoms with E-state index in [1.54, 1.807) is 7.11 Å². The smallest absolute Gasteiger partial charge is 0.0902 e. The average Bonchev–Trinajstić information content (AvgIpc) is 2.51. The molecule has 3 nitrogen and oxygen atoms in total. The van der Waals surface area contributed by atoms with Gasteiger partial charge in [0, 0.05) is 13.3 Å². The molecule has 0 fully saturated rings. The number of nitrogens with zero attached hydrogens (tertiary/aromatic N) is 2. The Balaban J connectivity index is 2.46. The maximum absolute atomic E-state index is 4.98. The van der Waals surface area contributed by atoms with Crippen LogP contribution in [-0.2, 0) is 11.3 Å². The second-order valence-electron chi connectivity index (χ2n) is 2.64. The van der Waals surface area contributed by atoms with Gasteiger partial charge in [-0.2, -0.15) is 5.10 Å². The molecule has 62 valence electrons. The van der Waals surface area contributed by atoms with Crippen molar-refractivity contribution in [2.75, 3.05) is 7.11 Å². The molecule has 0 saturated heterocycles. The van der Waals surface area contributed by atoms with Gasteiger partial charge in [0.15, 0.2) is 0 Å². The van der Waals surface area contributed by atoms with Gasteiger partial charge in [0.1, 0.15) is 0 Å². The van der Waals surface area contributed by atoms with Crippen molar-refractivity contribution in [3.05, 3.63) is 36.2 Å². The van der Waals surface area contributed by atoms with Crippen molar-refractivity contribution in [1.29, 1.82) is 0 Å². The monoisotopic (exact) mass is 162 g/mol. The lowest BCUT2D eigenvalue weighted by atomic mass is 10.4. The fourth-order valence-electron chi connectivity index (χ4n) is 1.19. The van der Waals surface area contributed by atoms with Crippen LogP contribution in [0.15, 0.2) is 30.5 Å². The topological polar surface area (TPSA) is 26.5 Å². The standard InChI is InChI=1S/C9H10N2O/c1-12-7-8-4-5-9-3-2-6-11(9)10-8/h2-6H,7H2,1H3. The van der Waals surface area contributed by atoms with E-state index in [2.05, 4.69) is 5.10 Å². The zero-order valence-electron chi connectivity index (χ0n) is 6.90. The molecule has 0 unspecified atom stereocenters. The molecule has 12 heavy (non-hydrogen) atoms. The van der Waals surface area contributed by atoms with Gasteiger partial charge in [0.25, 0.3) is 0 Å². The molecule has 0 aliphatic carbocycles. The summed E-state index contributed by atoms with van der Waals surface area (Å²) in [5.74, 6) is 0. The predicted molar refractivity (Wildman–Crippen MR) is 45.9 cm³/mol. The van der Waals surface area contributed by atoms with Crippen LogP contribution < -0.4 is 0 Å². The first kappa shape index (κ1) is 7.31. The van der Waals surface area contributed by atoms with Crippen molar-refractivity contribution in [3.63, 3.8) is 0 Å². The summed E-state index contributed by atoms with van der Waals surface area (Å²) >= 11 is 0. The number of hydrogen-bond donors (Lipinski definition) is 0. The third kappa shape index (κ3) is 1.19. The predicted octanol–water partition coefficient (Wildman–Crippen LogP) is 1.48. The van der Waals surface area contributed by atoms with E-state index in [0.29, 0.717) is 6.61 Å². The molecule has 0 aromatic carbocycles. The summed E-state index contributed by atoms with van der Waals surface area (Å²) in [6.07, 6.45) is 1.93. The van der Waals surface area contributed by atoms with Gasteiger partial charge in [0.05, 0.1) is 17.8 Å². The summed E-state index contributed by atoms with van der Waals surface area (Å²) in [7, 11) is 1.67. The Morgan fingerprint density at radius 3 is 3.17 bits per heavy atom. The van der Waals surface area contributed by atoms with Gasteiger partial charge in [-0.15, -0.1) is 0 Å². The third-order valence-electron chi connectivity index (χ3n) is 1.73. The molecule has 0 radical (unpaired) electrons. The van der Waals surface area contributed by atoms with Crippen molar-refractivity contribution >= 4 is 5.52 Å². The lowest BCUT2D eigenvalue weighted by Crippen LogP contribution is -1.97. The molecular weight excluding hydrogens is 152 g/mol. The fraction of sp³-hybridized carbons (Fsp3) is 0.222. The Hall–Kier alpha value is -1.35. The molecule has 0 N–H and O–H groups in total. The highest BCUT2D eigenvalue weighted by Crippen LogP contribution is 2.04. The van der Waals surface area contributed by atoms with Crippen molar-refractivity contribution in [2.24, 2.45) is 0 Å². The summed E-state index contributed by atoms with van der Waals surface area (Å²) in [6.45, 7) is 0.564. The molecule has 2 rings (SSSR count). The number of hydrogen-bond acceptors (Lipinski definition) is 2. The average molecular weight is 162 g/mol. The van der Waals surface area contributed by atoms with E-state index in [1.165, 1.54) is 0 Å². The highest BCUT2D eigenvalue weighted by atomic mass is 16.5. The largest absolute Gasteiger partial charge is 0.378 e. The first-order chi connectivity index (χ1) is 5.90. The summed E-state index contributed by atoms with van der Waals surface area (Å²) in [6, 6.07) is 7.99. The van der Waals surface area contributed by atoms with Crippen molar-refractivity contribution in [2.45, 2.75) is 6.61 Å². The molecule has 0 aliphatic rings. The van der Waals surface area contributed by atoms with Crippen LogP contribution in [0, 0.1) is 0 Å². The first-order valence-corrected chi connectivity index (χ1v) is 3.82. The van der Waals surface area contributed by atoms with E-state index in [0.717, 1.165) is 11.2 Å². The molecular formula is C9H10N2O. The van der Waals surface area contributed by atoms with Gasteiger partial charge < -0.3 is 4.74 Å². The van der Waals surface area contributed by atoms with Crippen LogP contribution in [0.2, 0.25) is 0 Å². The third-order valence-corrected chi connectivity index (χ3v) is 1.73. The lowest BCUT2D eigenvalue weighted by Gasteiger charge is -1.99. The molecule has 3 heteroatoms. The van der Waals surface area contributed by atoms with Gasteiger partial charge >= 0.3 is 0 Å². The minimum atomic E-state index is 0.564. The molecule has 0 spiro atoms.